The third kappa shape index (κ3) is 5.31. The minimum Gasteiger partial charge on any atom is -0.496 e. The summed E-state index contributed by atoms with van der Waals surface area (Å²) >= 11 is 0. The fraction of sp³-hybridized carbons (Fsp3) is 0.292. The van der Waals surface area contributed by atoms with Crippen LogP contribution in [-0.2, 0) is 9.53 Å². The summed E-state index contributed by atoms with van der Waals surface area (Å²) < 4.78 is 12.6. The van der Waals surface area contributed by atoms with Gasteiger partial charge in [-0.25, -0.2) is 9.48 Å². The molecular formula is C24H27N3O4. The van der Waals surface area contributed by atoms with Gasteiger partial charge in [0.25, 0.3) is 5.91 Å². The van der Waals surface area contributed by atoms with E-state index in [0.29, 0.717) is 17.0 Å². The zero-order valence-electron chi connectivity index (χ0n) is 18.4. The number of benzene rings is 2. The maximum atomic E-state index is 13.1. The molecule has 0 saturated heterocycles. The molecule has 0 aliphatic carbocycles. The first-order chi connectivity index (χ1) is 14.7. The number of para-hydroxylation sites is 2. The number of carbonyl (C=O) groups is 2. The van der Waals surface area contributed by atoms with Crippen LogP contribution in [0.2, 0.25) is 0 Å². The quantitative estimate of drug-likeness (QED) is 0.608. The molecule has 0 aliphatic rings. The smallest absolute Gasteiger partial charge is 0.342 e. The molecule has 1 atom stereocenters. The Hall–Kier alpha value is -3.61. The zero-order chi connectivity index (χ0) is 22.6. The molecule has 0 fully saturated rings. The Bertz CT molecular complexity index is 1070. The number of rotatable bonds is 6. The number of nitrogens with one attached hydrogen (secondary N) is 1. The largest absolute Gasteiger partial charge is 0.496 e. The summed E-state index contributed by atoms with van der Waals surface area (Å²) in [6.07, 6.45) is 0.644. The highest BCUT2D eigenvalue weighted by atomic mass is 16.5. The Morgan fingerprint density at radius 2 is 1.68 bits per heavy atom. The van der Waals surface area contributed by atoms with Gasteiger partial charge in [0, 0.05) is 17.3 Å². The van der Waals surface area contributed by atoms with E-state index in [0.717, 1.165) is 5.69 Å². The number of carbonyl (C=O) groups excluding carboxylic acids is 2. The van der Waals surface area contributed by atoms with E-state index in [-0.39, 0.29) is 11.5 Å². The summed E-state index contributed by atoms with van der Waals surface area (Å²) in [5.41, 5.74) is 1.66. The van der Waals surface area contributed by atoms with Crippen LogP contribution in [0.15, 0.2) is 60.8 Å². The lowest BCUT2D eigenvalue weighted by Gasteiger charge is -2.23. The molecule has 1 N–H and O–H groups in total. The average Bonchev–Trinajstić information content (AvgIpc) is 3.18. The second-order valence-electron chi connectivity index (χ2n) is 8.16. The van der Waals surface area contributed by atoms with Gasteiger partial charge in [-0.1, -0.05) is 30.3 Å². The van der Waals surface area contributed by atoms with Crippen molar-refractivity contribution in [3.63, 3.8) is 0 Å². The van der Waals surface area contributed by atoms with Crippen LogP contribution >= 0.6 is 0 Å². The van der Waals surface area contributed by atoms with Gasteiger partial charge < -0.3 is 14.8 Å². The summed E-state index contributed by atoms with van der Waals surface area (Å²) in [6.45, 7) is 7.14. The monoisotopic (exact) mass is 421 g/mol. The van der Waals surface area contributed by atoms with Gasteiger partial charge in [0.15, 0.2) is 6.10 Å². The SMILES string of the molecule is COc1ccccc1-c1nn(-c2ccccc2)cc1C(=O)O[C@@H](C)C(=O)NC(C)(C)C. The molecule has 3 aromatic rings. The standard InChI is InChI=1S/C24H27N3O4/c1-16(22(28)25-24(2,3)4)31-23(29)19-15-27(17-11-7-6-8-12-17)26-21(19)18-13-9-10-14-20(18)30-5/h6-16H,1-5H3,(H,25,28)/t16-/m0/s1. The van der Waals surface area contributed by atoms with Crippen LogP contribution in [0.1, 0.15) is 38.1 Å². The van der Waals surface area contributed by atoms with Gasteiger partial charge in [-0.05, 0) is 52.0 Å². The minimum atomic E-state index is -0.961. The second kappa shape index (κ2) is 9.04. The van der Waals surface area contributed by atoms with Crippen molar-refractivity contribution in [3.8, 4) is 22.7 Å². The van der Waals surface area contributed by atoms with Crippen molar-refractivity contribution in [2.24, 2.45) is 0 Å². The first-order valence-corrected chi connectivity index (χ1v) is 10.0. The fourth-order valence-electron chi connectivity index (χ4n) is 3.02. The fourth-order valence-corrected chi connectivity index (χ4v) is 3.02. The van der Waals surface area contributed by atoms with Crippen molar-refractivity contribution in [2.45, 2.75) is 39.3 Å². The number of ether oxygens (including phenoxy) is 2. The van der Waals surface area contributed by atoms with Crippen LogP contribution in [0, 0.1) is 0 Å². The molecule has 1 amide bonds. The van der Waals surface area contributed by atoms with E-state index in [2.05, 4.69) is 10.4 Å². The molecule has 0 unspecified atom stereocenters. The molecule has 0 radical (unpaired) electrons. The van der Waals surface area contributed by atoms with E-state index in [1.165, 1.54) is 0 Å². The third-order valence-corrected chi connectivity index (χ3v) is 4.47. The van der Waals surface area contributed by atoms with Crippen LogP contribution in [0.5, 0.6) is 5.75 Å². The Balaban J connectivity index is 1.99. The summed E-state index contributed by atoms with van der Waals surface area (Å²) in [5.74, 6) is -0.428. The predicted octanol–water partition coefficient (Wildman–Crippen LogP) is 4.01. The number of esters is 1. The lowest BCUT2D eigenvalue weighted by atomic mass is 10.1. The highest BCUT2D eigenvalue weighted by molar-refractivity contribution is 5.98. The maximum Gasteiger partial charge on any atom is 0.342 e. The number of amides is 1. The van der Waals surface area contributed by atoms with Crippen molar-refractivity contribution in [2.75, 3.05) is 7.11 Å². The van der Waals surface area contributed by atoms with Crippen LogP contribution in [0.4, 0.5) is 0 Å². The van der Waals surface area contributed by atoms with Gasteiger partial charge in [-0.2, -0.15) is 5.10 Å². The number of hydrogen-bond acceptors (Lipinski definition) is 5. The van der Waals surface area contributed by atoms with E-state index in [1.807, 2.05) is 69.3 Å². The molecule has 31 heavy (non-hydrogen) atoms. The van der Waals surface area contributed by atoms with E-state index < -0.39 is 17.6 Å². The van der Waals surface area contributed by atoms with Gasteiger partial charge in [-0.3, -0.25) is 4.79 Å². The number of nitrogens with zero attached hydrogens (tertiary/aromatic N) is 2. The molecule has 0 saturated carbocycles. The average molecular weight is 421 g/mol. The summed E-state index contributed by atoms with van der Waals surface area (Å²) in [7, 11) is 1.56. The molecule has 7 nitrogen and oxygen atoms in total. The van der Waals surface area contributed by atoms with E-state index in [4.69, 9.17) is 9.47 Å². The number of hydrogen-bond donors (Lipinski definition) is 1. The maximum absolute atomic E-state index is 13.1. The zero-order valence-corrected chi connectivity index (χ0v) is 18.4. The Morgan fingerprint density at radius 3 is 2.32 bits per heavy atom. The van der Waals surface area contributed by atoms with Crippen molar-refractivity contribution >= 4 is 11.9 Å². The highest BCUT2D eigenvalue weighted by Crippen LogP contribution is 2.32. The van der Waals surface area contributed by atoms with Gasteiger partial charge in [0.2, 0.25) is 0 Å². The molecule has 1 heterocycles. The molecule has 0 aliphatic heterocycles. The van der Waals surface area contributed by atoms with Crippen LogP contribution < -0.4 is 10.1 Å². The number of aromatic nitrogens is 2. The highest BCUT2D eigenvalue weighted by Gasteiger charge is 2.27. The van der Waals surface area contributed by atoms with Gasteiger partial charge >= 0.3 is 5.97 Å². The Morgan fingerprint density at radius 1 is 1.03 bits per heavy atom. The molecule has 1 aromatic heterocycles. The summed E-state index contributed by atoms with van der Waals surface area (Å²) in [6, 6.07) is 16.7. The summed E-state index contributed by atoms with van der Waals surface area (Å²) in [5, 5.41) is 7.44. The van der Waals surface area contributed by atoms with Crippen molar-refractivity contribution in [1.29, 1.82) is 0 Å². The molecule has 0 bridgehead atoms. The van der Waals surface area contributed by atoms with Crippen molar-refractivity contribution in [1.82, 2.24) is 15.1 Å². The lowest BCUT2D eigenvalue weighted by molar-refractivity contribution is -0.130. The normalized spacial score (nSPS) is 12.2. The number of methoxy groups -OCH3 is 1. The molecule has 2 aromatic carbocycles. The topological polar surface area (TPSA) is 82.5 Å². The van der Waals surface area contributed by atoms with Gasteiger partial charge in [0.05, 0.1) is 12.8 Å². The molecule has 162 valence electrons. The van der Waals surface area contributed by atoms with Crippen molar-refractivity contribution < 1.29 is 19.1 Å². The van der Waals surface area contributed by atoms with Crippen LogP contribution in [0.3, 0.4) is 0 Å². The molecular weight excluding hydrogens is 394 g/mol. The Kier molecular flexibility index (Phi) is 6.44. The first kappa shape index (κ1) is 22.1. The van der Waals surface area contributed by atoms with Crippen LogP contribution in [0.25, 0.3) is 16.9 Å². The van der Waals surface area contributed by atoms with E-state index in [1.54, 1.807) is 31.0 Å². The van der Waals surface area contributed by atoms with Gasteiger partial charge in [-0.15, -0.1) is 0 Å². The first-order valence-electron chi connectivity index (χ1n) is 10.0. The molecule has 3 rings (SSSR count). The van der Waals surface area contributed by atoms with Gasteiger partial charge in [0.1, 0.15) is 17.0 Å². The third-order valence-electron chi connectivity index (χ3n) is 4.47. The Labute approximate surface area is 182 Å². The molecule has 7 heteroatoms. The van der Waals surface area contributed by atoms with Crippen molar-refractivity contribution in [3.05, 3.63) is 66.4 Å². The lowest BCUT2D eigenvalue weighted by Crippen LogP contribution is -2.46. The second-order valence-corrected chi connectivity index (χ2v) is 8.16. The summed E-state index contributed by atoms with van der Waals surface area (Å²) in [4.78, 5) is 25.4. The minimum absolute atomic E-state index is 0.240. The molecule has 0 spiro atoms. The van der Waals surface area contributed by atoms with Crippen LogP contribution in [-0.4, -0.2) is 40.4 Å². The predicted molar refractivity (Wildman–Crippen MR) is 118 cm³/mol. The van der Waals surface area contributed by atoms with E-state index >= 15 is 0 Å². The van der Waals surface area contributed by atoms with E-state index in [9.17, 15) is 9.59 Å².